The van der Waals surface area contributed by atoms with Crippen LogP contribution in [0.3, 0.4) is 0 Å². The average molecular weight is 265 g/mol. The van der Waals surface area contributed by atoms with Gasteiger partial charge in [0.15, 0.2) is 5.92 Å². The number of carboxylic acid groups (broad SMARTS) is 1. The van der Waals surface area contributed by atoms with Gasteiger partial charge in [-0.1, -0.05) is 12.1 Å². The van der Waals surface area contributed by atoms with E-state index in [2.05, 4.69) is 5.32 Å². The number of rotatable bonds is 4. The van der Waals surface area contributed by atoms with E-state index < -0.39 is 30.4 Å². The van der Waals surface area contributed by atoms with Crippen LogP contribution in [0, 0.1) is 18.7 Å². The zero-order valence-corrected chi connectivity index (χ0v) is 9.38. The normalized spacial score (nSPS) is 13.2. The monoisotopic (exact) mass is 265 g/mol. The molecular weight excluding hydrogens is 254 g/mol. The number of alkyl halides is 3. The van der Waals surface area contributed by atoms with Crippen LogP contribution in [0.4, 0.5) is 23.2 Å². The fourth-order valence-electron chi connectivity index (χ4n) is 1.40. The van der Waals surface area contributed by atoms with Crippen molar-refractivity contribution in [3.8, 4) is 0 Å². The van der Waals surface area contributed by atoms with Gasteiger partial charge in [0.2, 0.25) is 0 Å². The molecule has 0 heterocycles. The standard InChI is InChI=1S/C11H11F4NO2/c1-6-3-2-4-8(12)9(6)16-5-7(10(17)18)11(13,14)15/h2-4,7,16H,5H2,1H3,(H,17,18). The summed E-state index contributed by atoms with van der Waals surface area (Å²) < 4.78 is 50.4. The number of carbonyl (C=O) groups is 1. The Balaban J connectivity index is 2.83. The highest BCUT2D eigenvalue weighted by Crippen LogP contribution is 2.27. The predicted molar refractivity (Wildman–Crippen MR) is 56.8 cm³/mol. The zero-order chi connectivity index (χ0) is 13.9. The molecule has 0 saturated heterocycles. The molecule has 0 fully saturated rings. The summed E-state index contributed by atoms with van der Waals surface area (Å²) in [6, 6.07) is 4.00. The van der Waals surface area contributed by atoms with Crippen LogP contribution in [0.25, 0.3) is 0 Å². The number of aryl methyl sites for hydroxylation is 1. The minimum atomic E-state index is -4.88. The summed E-state index contributed by atoms with van der Waals surface area (Å²) in [5.74, 6) is -5.29. The first-order chi connectivity index (χ1) is 8.23. The first kappa shape index (κ1) is 14.3. The summed E-state index contributed by atoms with van der Waals surface area (Å²) in [5.41, 5.74) is 0.286. The molecule has 0 aliphatic rings. The highest BCUT2D eigenvalue weighted by Gasteiger charge is 2.44. The van der Waals surface area contributed by atoms with Gasteiger partial charge in [-0.05, 0) is 18.6 Å². The number of carboxylic acids is 1. The van der Waals surface area contributed by atoms with E-state index in [0.717, 1.165) is 6.07 Å². The van der Waals surface area contributed by atoms with Crippen molar-refractivity contribution in [2.75, 3.05) is 11.9 Å². The fraction of sp³-hybridized carbons (Fsp3) is 0.364. The van der Waals surface area contributed by atoms with Gasteiger partial charge in [0, 0.05) is 6.54 Å². The van der Waals surface area contributed by atoms with Gasteiger partial charge in [0.1, 0.15) is 5.82 Å². The predicted octanol–water partition coefficient (Wildman–Crippen LogP) is 2.81. The Hall–Kier alpha value is -1.79. The van der Waals surface area contributed by atoms with Crippen molar-refractivity contribution in [1.82, 2.24) is 0 Å². The van der Waals surface area contributed by atoms with Crippen molar-refractivity contribution >= 4 is 11.7 Å². The van der Waals surface area contributed by atoms with Crippen LogP contribution < -0.4 is 5.32 Å². The number of para-hydroxylation sites is 1. The Morgan fingerprint density at radius 3 is 2.50 bits per heavy atom. The van der Waals surface area contributed by atoms with E-state index in [0.29, 0.717) is 5.56 Å². The summed E-state index contributed by atoms with van der Waals surface area (Å²) in [4.78, 5) is 10.5. The molecule has 7 heteroatoms. The summed E-state index contributed by atoms with van der Waals surface area (Å²) in [6.07, 6.45) is -4.88. The second-order valence-corrected chi connectivity index (χ2v) is 3.75. The second kappa shape index (κ2) is 5.24. The molecule has 0 aliphatic heterocycles. The SMILES string of the molecule is Cc1cccc(F)c1NCC(C(=O)O)C(F)(F)F. The van der Waals surface area contributed by atoms with E-state index in [9.17, 15) is 22.4 Å². The number of anilines is 1. The van der Waals surface area contributed by atoms with E-state index in [1.54, 1.807) is 0 Å². The maximum atomic E-state index is 13.3. The maximum absolute atomic E-state index is 13.3. The molecule has 0 bridgehead atoms. The Kier molecular flexibility index (Phi) is 4.15. The van der Waals surface area contributed by atoms with Crippen molar-refractivity contribution in [2.24, 2.45) is 5.92 Å². The van der Waals surface area contributed by atoms with Crippen LogP contribution in [0.5, 0.6) is 0 Å². The Labute approximate surface area is 100 Å². The average Bonchev–Trinajstić information content (AvgIpc) is 2.19. The molecule has 0 saturated carbocycles. The van der Waals surface area contributed by atoms with Gasteiger partial charge in [0.05, 0.1) is 5.69 Å². The Morgan fingerprint density at radius 1 is 1.44 bits per heavy atom. The number of halogens is 4. The molecule has 0 amide bonds. The highest BCUT2D eigenvalue weighted by molar-refractivity contribution is 5.72. The summed E-state index contributed by atoms with van der Waals surface area (Å²) in [7, 11) is 0. The molecule has 0 spiro atoms. The number of hydrogen-bond acceptors (Lipinski definition) is 2. The van der Waals surface area contributed by atoms with Gasteiger partial charge < -0.3 is 10.4 Å². The van der Waals surface area contributed by atoms with Crippen LogP contribution in [0.1, 0.15) is 5.56 Å². The fourth-order valence-corrected chi connectivity index (χ4v) is 1.40. The third-order valence-corrected chi connectivity index (χ3v) is 2.40. The topological polar surface area (TPSA) is 49.3 Å². The lowest BCUT2D eigenvalue weighted by Gasteiger charge is -2.18. The molecule has 1 atom stereocenters. The van der Waals surface area contributed by atoms with Gasteiger partial charge >= 0.3 is 12.1 Å². The molecule has 18 heavy (non-hydrogen) atoms. The van der Waals surface area contributed by atoms with Crippen LogP contribution in [0.2, 0.25) is 0 Å². The molecule has 1 rings (SSSR count). The minimum Gasteiger partial charge on any atom is -0.481 e. The van der Waals surface area contributed by atoms with Gasteiger partial charge in [0.25, 0.3) is 0 Å². The highest BCUT2D eigenvalue weighted by atomic mass is 19.4. The molecule has 1 unspecified atom stereocenters. The van der Waals surface area contributed by atoms with Crippen LogP contribution in [-0.2, 0) is 4.79 Å². The molecule has 1 aromatic rings. The van der Waals surface area contributed by atoms with E-state index in [1.165, 1.54) is 19.1 Å². The van der Waals surface area contributed by atoms with Crippen molar-refractivity contribution in [1.29, 1.82) is 0 Å². The molecular formula is C11H11F4NO2. The smallest absolute Gasteiger partial charge is 0.403 e. The van der Waals surface area contributed by atoms with Crippen molar-refractivity contribution in [3.05, 3.63) is 29.6 Å². The van der Waals surface area contributed by atoms with Gasteiger partial charge in [-0.3, -0.25) is 4.79 Å². The first-order valence-corrected chi connectivity index (χ1v) is 5.02. The third-order valence-electron chi connectivity index (χ3n) is 2.40. The number of aliphatic carboxylic acids is 1. The minimum absolute atomic E-state index is 0.118. The second-order valence-electron chi connectivity index (χ2n) is 3.75. The van der Waals surface area contributed by atoms with Gasteiger partial charge in [-0.15, -0.1) is 0 Å². The molecule has 3 nitrogen and oxygen atoms in total. The lowest BCUT2D eigenvalue weighted by atomic mass is 10.1. The first-order valence-electron chi connectivity index (χ1n) is 5.02. The summed E-state index contributed by atoms with van der Waals surface area (Å²) >= 11 is 0. The van der Waals surface area contributed by atoms with E-state index in [-0.39, 0.29) is 5.69 Å². The van der Waals surface area contributed by atoms with Crippen molar-refractivity contribution in [2.45, 2.75) is 13.1 Å². The molecule has 1 aromatic carbocycles. The molecule has 0 radical (unpaired) electrons. The molecule has 0 aromatic heterocycles. The van der Waals surface area contributed by atoms with Crippen LogP contribution in [-0.4, -0.2) is 23.8 Å². The largest absolute Gasteiger partial charge is 0.481 e. The number of benzene rings is 1. The maximum Gasteiger partial charge on any atom is 0.403 e. The lowest BCUT2D eigenvalue weighted by molar-refractivity contribution is -0.190. The van der Waals surface area contributed by atoms with Crippen molar-refractivity contribution < 1.29 is 27.5 Å². The van der Waals surface area contributed by atoms with Crippen LogP contribution >= 0.6 is 0 Å². The zero-order valence-electron chi connectivity index (χ0n) is 9.38. The third kappa shape index (κ3) is 3.35. The lowest BCUT2D eigenvalue weighted by Crippen LogP contribution is -2.36. The Morgan fingerprint density at radius 2 is 2.06 bits per heavy atom. The number of nitrogens with one attached hydrogen (secondary N) is 1. The van der Waals surface area contributed by atoms with E-state index >= 15 is 0 Å². The van der Waals surface area contributed by atoms with E-state index in [1.807, 2.05) is 0 Å². The molecule has 2 N–H and O–H groups in total. The van der Waals surface area contributed by atoms with Gasteiger partial charge in [-0.2, -0.15) is 13.2 Å². The van der Waals surface area contributed by atoms with Gasteiger partial charge in [-0.25, -0.2) is 4.39 Å². The Bertz CT molecular complexity index is 425. The molecule has 100 valence electrons. The summed E-state index contributed by atoms with van der Waals surface area (Å²) in [5, 5.41) is 10.7. The van der Waals surface area contributed by atoms with E-state index in [4.69, 9.17) is 5.11 Å². The quantitative estimate of drug-likeness (QED) is 0.823. The summed E-state index contributed by atoms with van der Waals surface area (Å²) in [6.45, 7) is 0.593. The van der Waals surface area contributed by atoms with Crippen molar-refractivity contribution in [3.63, 3.8) is 0 Å². The number of hydrogen-bond donors (Lipinski definition) is 2. The van der Waals surface area contributed by atoms with Crippen LogP contribution in [0.15, 0.2) is 18.2 Å². The molecule has 0 aliphatic carbocycles.